The largest absolute Gasteiger partial charge is 0.390 e. The average Bonchev–Trinajstić information content (AvgIpc) is 2.93. The summed E-state index contributed by atoms with van der Waals surface area (Å²) in [5, 5.41) is 21.8. The van der Waals surface area contributed by atoms with Gasteiger partial charge in [0.15, 0.2) is 16.1 Å². The van der Waals surface area contributed by atoms with E-state index in [-0.39, 0.29) is 24.0 Å². The Morgan fingerprint density at radius 2 is 1.71 bits per heavy atom. The molecule has 0 radical (unpaired) electrons. The van der Waals surface area contributed by atoms with Crippen LogP contribution in [-0.2, 0) is 29.3 Å². The Hall–Kier alpha value is -2.46. The number of aliphatic hydroxyl groups excluding tert-OH is 2. The summed E-state index contributed by atoms with van der Waals surface area (Å²) in [6, 6.07) is 14.3. The molecule has 2 amide bonds. The Kier molecular flexibility index (Phi) is 6.74. The van der Waals surface area contributed by atoms with Crippen LogP contribution in [0.4, 0.5) is 4.79 Å². The molecule has 0 spiro atoms. The van der Waals surface area contributed by atoms with Gasteiger partial charge in [-0.3, -0.25) is 9.80 Å². The maximum absolute atomic E-state index is 13.2. The van der Waals surface area contributed by atoms with E-state index in [9.17, 15) is 23.4 Å². The molecule has 1 fully saturated rings. The van der Waals surface area contributed by atoms with Gasteiger partial charge >= 0.3 is 6.03 Å². The molecule has 2 heterocycles. The van der Waals surface area contributed by atoms with Gasteiger partial charge in [-0.05, 0) is 49.1 Å². The average molecular weight is 488 g/mol. The molecule has 184 valence electrons. The lowest BCUT2D eigenvalue weighted by Crippen LogP contribution is -2.51. The van der Waals surface area contributed by atoms with Crippen LogP contribution in [0.5, 0.6) is 0 Å². The summed E-state index contributed by atoms with van der Waals surface area (Å²) in [5.74, 6) is 0. The number of sulfone groups is 1. The van der Waals surface area contributed by atoms with Crippen molar-refractivity contribution in [1.29, 1.82) is 0 Å². The fourth-order valence-electron chi connectivity index (χ4n) is 4.81. The van der Waals surface area contributed by atoms with Crippen molar-refractivity contribution in [3.8, 4) is 0 Å². The zero-order chi connectivity index (χ0) is 24.7. The first-order valence-corrected chi connectivity index (χ1v) is 13.4. The second kappa shape index (κ2) is 9.30. The summed E-state index contributed by atoms with van der Waals surface area (Å²) >= 11 is 0. The molecule has 2 atom stereocenters. The molecule has 0 aromatic heterocycles. The van der Waals surface area contributed by atoms with Gasteiger partial charge in [-0.15, -0.1) is 0 Å². The predicted molar refractivity (Wildman–Crippen MR) is 129 cm³/mol. The predicted octanol–water partition coefficient (Wildman–Crippen LogP) is 1.84. The highest BCUT2D eigenvalue weighted by molar-refractivity contribution is 7.90. The number of hydrogen-bond acceptors (Lipinski definition) is 6. The molecule has 0 aliphatic carbocycles. The summed E-state index contributed by atoms with van der Waals surface area (Å²) < 4.78 is 23.4. The normalized spacial score (nSPS) is 21.6. The Balaban J connectivity index is 1.41. The Labute approximate surface area is 201 Å². The molecule has 4 rings (SSSR count). The molecule has 34 heavy (non-hydrogen) atoms. The number of aliphatic hydroxyl groups is 2. The van der Waals surface area contributed by atoms with Crippen molar-refractivity contribution >= 4 is 15.9 Å². The highest BCUT2D eigenvalue weighted by atomic mass is 32.2. The van der Waals surface area contributed by atoms with Crippen molar-refractivity contribution in [1.82, 2.24) is 14.7 Å². The molecule has 8 nitrogen and oxygen atoms in total. The SMILES string of the molecule is CC1(C)C(O)N(Cc2ccc(S(C)(=O)=O)cc2)C(=O)N1CC(O)CN1CCc2ccccc2C1. The molecule has 1 saturated heterocycles. The van der Waals surface area contributed by atoms with Gasteiger partial charge in [0.05, 0.1) is 29.6 Å². The van der Waals surface area contributed by atoms with Gasteiger partial charge in [-0.2, -0.15) is 0 Å². The highest BCUT2D eigenvalue weighted by Crippen LogP contribution is 2.33. The number of β-amino-alcohol motifs (C(OH)–C–C–N with tert-alkyl or cyclic N) is 1. The molecule has 2 aliphatic heterocycles. The minimum atomic E-state index is -3.31. The number of hydrogen-bond donors (Lipinski definition) is 2. The second-order valence-electron chi connectivity index (χ2n) is 9.87. The smallest absolute Gasteiger partial charge is 0.323 e. The van der Waals surface area contributed by atoms with Crippen molar-refractivity contribution < 1.29 is 23.4 Å². The van der Waals surface area contributed by atoms with Crippen LogP contribution in [0.15, 0.2) is 53.4 Å². The summed E-state index contributed by atoms with van der Waals surface area (Å²) in [5.41, 5.74) is 2.43. The zero-order valence-corrected chi connectivity index (χ0v) is 20.7. The third kappa shape index (κ3) is 4.98. The van der Waals surface area contributed by atoms with Crippen LogP contribution >= 0.6 is 0 Å². The fourth-order valence-corrected chi connectivity index (χ4v) is 5.44. The van der Waals surface area contributed by atoms with Crippen molar-refractivity contribution in [2.45, 2.75) is 56.1 Å². The van der Waals surface area contributed by atoms with E-state index >= 15 is 0 Å². The van der Waals surface area contributed by atoms with Gasteiger partial charge in [0.25, 0.3) is 0 Å². The quantitative estimate of drug-likeness (QED) is 0.618. The van der Waals surface area contributed by atoms with Crippen LogP contribution in [0, 0.1) is 0 Å². The van der Waals surface area contributed by atoms with Gasteiger partial charge in [0, 0.05) is 25.9 Å². The fraction of sp³-hybridized carbons (Fsp3) is 0.480. The van der Waals surface area contributed by atoms with Crippen molar-refractivity contribution in [3.63, 3.8) is 0 Å². The minimum Gasteiger partial charge on any atom is -0.390 e. The van der Waals surface area contributed by atoms with Crippen LogP contribution in [0.2, 0.25) is 0 Å². The zero-order valence-electron chi connectivity index (χ0n) is 19.9. The topological polar surface area (TPSA) is 101 Å². The standard InChI is InChI=1S/C25H33N3O5S/c1-25(2)23(30)27(14-18-8-10-22(11-9-18)34(3,32)33)24(31)28(25)17-21(29)16-26-13-12-19-6-4-5-7-20(19)15-26/h4-11,21,23,29-30H,12-17H2,1-3H3. The number of urea groups is 1. The van der Waals surface area contributed by atoms with Crippen LogP contribution in [0.1, 0.15) is 30.5 Å². The molecule has 9 heteroatoms. The lowest BCUT2D eigenvalue weighted by molar-refractivity contribution is -0.0178. The van der Waals surface area contributed by atoms with E-state index in [1.165, 1.54) is 33.1 Å². The van der Waals surface area contributed by atoms with Gasteiger partial charge in [-0.1, -0.05) is 36.4 Å². The molecule has 2 unspecified atom stereocenters. The summed E-state index contributed by atoms with van der Waals surface area (Å²) in [6.07, 6.45) is 0.254. The van der Waals surface area contributed by atoms with E-state index in [0.29, 0.717) is 12.1 Å². The van der Waals surface area contributed by atoms with Crippen LogP contribution in [0.25, 0.3) is 0 Å². The van der Waals surface area contributed by atoms with Crippen molar-refractivity contribution in [3.05, 3.63) is 65.2 Å². The molecule has 0 bridgehead atoms. The number of fused-ring (bicyclic) bond motifs is 1. The van der Waals surface area contributed by atoms with Gasteiger partial charge in [-0.25, -0.2) is 13.2 Å². The van der Waals surface area contributed by atoms with Gasteiger partial charge < -0.3 is 15.1 Å². The van der Waals surface area contributed by atoms with E-state index in [1.807, 2.05) is 12.1 Å². The molecule has 2 aliphatic rings. The number of rotatable bonds is 7. The molecule has 0 saturated carbocycles. The first kappa shape index (κ1) is 24.7. The highest BCUT2D eigenvalue weighted by Gasteiger charge is 2.51. The summed E-state index contributed by atoms with van der Waals surface area (Å²) in [7, 11) is -3.31. The number of carbonyl (C=O) groups excluding carboxylic acids is 1. The van der Waals surface area contributed by atoms with Crippen LogP contribution in [-0.4, -0.2) is 83.1 Å². The molecule has 2 N–H and O–H groups in total. The number of benzene rings is 2. The van der Waals surface area contributed by atoms with E-state index < -0.39 is 27.7 Å². The van der Waals surface area contributed by atoms with E-state index in [0.717, 1.165) is 25.8 Å². The first-order chi connectivity index (χ1) is 16.0. The number of carbonyl (C=O) groups is 1. The van der Waals surface area contributed by atoms with E-state index in [1.54, 1.807) is 26.0 Å². The summed E-state index contributed by atoms with van der Waals surface area (Å²) in [6.45, 7) is 5.88. The maximum Gasteiger partial charge on any atom is 0.323 e. The van der Waals surface area contributed by atoms with Crippen LogP contribution < -0.4 is 0 Å². The van der Waals surface area contributed by atoms with E-state index in [4.69, 9.17) is 0 Å². The lowest BCUT2D eigenvalue weighted by atomic mass is 9.99. The first-order valence-electron chi connectivity index (χ1n) is 11.5. The van der Waals surface area contributed by atoms with Crippen molar-refractivity contribution in [2.24, 2.45) is 0 Å². The number of amides is 2. The molecule has 2 aromatic rings. The molecular weight excluding hydrogens is 454 g/mol. The molecule has 2 aromatic carbocycles. The minimum absolute atomic E-state index is 0.116. The summed E-state index contributed by atoms with van der Waals surface area (Å²) in [4.78, 5) is 18.5. The van der Waals surface area contributed by atoms with Crippen LogP contribution in [0.3, 0.4) is 0 Å². The number of nitrogens with zero attached hydrogens (tertiary/aromatic N) is 3. The maximum atomic E-state index is 13.2. The lowest BCUT2D eigenvalue weighted by Gasteiger charge is -2.35. The van der Waals surface area contributed by atoms with Gasteiger partial charge in [0.1, 0.15) is 0 Å². The Morgan fingerprint density at radius 1 is 1.06 bits per heavy atom. The molecular formula is C25H33N3O5S. The van der Waals surface area contributed by atoms with E-state index in [2.05, 4.69) is 17.0 Å². The van der Waals surface area contributed by atoms with Gasteiger partial charge in [0.2, 0.25) is 0 Å². The third-order valence-electron chi connectivity index (χ3n) is 6.88. The Morgan fingerprint density at radius 3 is 2.35 bits per heavy atom. The third-order valence-corrected chi connectivity index (χ3v) is 8.00. The van der Waals surface area contributed by atoms with Crippen molar-refractivity contribution in [2.75, 3.05) is 25.9 Å². The Bertz CT molecular complexity index is 1150. The second-order valence-corrected chi connectivity index (χ2v) is 11.9. The monoisotopic (exact) mass is 487 g/mol.